The van der Waals surface area contributed by atoms with Crippen LogP contribution < -0.4 is 10.1 Å². The summed E-state index contributed by atoms with van der Waals surface area (Å²) in [6.07, 6.45) is 9.76. The molecule has 1 aromatic heterocycles. The fourth-order valence-corrected chi connectivity index (χ4v) is 2.76. The van der Waals surface area contributed by atoms with Crippen molar-refractivity contribution >= 4 is 0 Å². The molecule has 1 aromatic rings. The average molecular weight is 292 g/mol. The smallest absolute Gasteiger partial charge is 0.137 e. The Hall–Kier alpha value is -1.13. The third-order valence-electron chi connectivity index (χ3n) is 3.83. The van der Waals surface area contributed by atoms with Gasteiger partial charge >= 0.3 is 0 Å². The number of nitrogens with zero attached hydrogens (tertiary/aromatic N) is 1. The van der Waals surface area contributed by atoms with Crippen molar-refractivity contribution in [1.29, 1.82) is 0 Å². The van der Waals surface area contributed by atoms with Crippen molar-refractivity contribution in [2.75, 3.05) is 19.8 Å². The van der Waals surface area contributed by atoms with E-state index < -0.39 is 0 Å². The third-order valence-corrected chi connectivity index (χ3v) is 3.83. The maximum absolute atomic E-state index is 5.88. The first-order chi connectivity index (χ1) is 10.3. The number of rotatable bonds is 8. The molecule has 0 spiro atoms. The number of hydrogen-bond acceptors (Lipinski definition) is 4. The highest BCUT2D eigenvalue weighted by molar-refractivity contribution is 5.26. The molecule has 2 unspecified atom stereocenters. The van der Waals surface area contributed by atoms with Crippen LogP contribution in [0.5, 0.6) is 5.75 Å². The van der Waals surface area contributed by atoms with Gasteiger partial charge in [-0.2, -0.15) is 0 Å². The zero-order chi connectivity index (χ0) is 14.9. The SMILES string of the molecule is CCCOc1cncc(C(CC2CCCCO2)NCC)c1. The van der Waals surface area contributed by atoms with E-state index in [0.717, 1.165) is 38.3 Å². The lowest BCUT2D eigenvalue weighted by Crippen LogP contribution is -2.28. The highest BCUT2D eigenvalue weighted by Crippen LogP contribution is 2.26. The summed E-state index contributed by atoms with van der Waals surface area (Å²) in [5.74, 6) is 0.863. The highest BCUT2D eigenvalue weighted by Gasteiger charge is 2.20. The molecule has 4 nitrogen and oxygen atoms in total. The minimum atomic E-state index is 0.288. The van der Waals surface area contributed by atoms with Crippen LogP contribution in [0.4, 0.5) is 0 Å². The van der Waals surface area contributed by atoms with Gasteiger partial charge in [-0.25, -0.2) is 0 Å². The molecule has 1 fully saturated rings. The molecule has 21 heavy (non-hydrogen) atoms. The van der Waals surface area contributed by atoms with E-state index in [1.165, 1.54) is 24.8 Å². The number of hydrogen-bond donors (Lipinski definition) is 1. The van der Waals surface area contributed by atoms with Gasteiger partial charge in [0.05, 0.1) is 18.9 Å². The predicted molar refractivity (Wildman–Crippen MR) is 84.6 cm³/mol. The fraction of sp³-hybridized carbons (Fsp3) is 0.706. The third kappa shape index (κ3) is 5.29. The van der Waals surface area contributed by atoms with Crippen LogP contribution in [0.15, 0.2) is 18.5 Å². The first kappa shape index (κ1) is 16.2. The Bertz CT molecular complexity index is 406. The highest BCUT2D eigenvalue weighted by atomic mass is 16.5. The molecular weight excluding hydrogens is 264 g/mol. The molecule has 1 N–H and O–H groups in total. The summed E-state index contributed by atoms with van der Waals surface area (Å²) in [4.78, 5) is 4.33. The van der Waals surface area contributed by atoms with Gasteiger partial charge in [-0.1, -0.05) is 13.8 Å². The van der Waals surface area contributed by atoms with Crippen LogP contribution in [0.2, 0.25) is 0 Å². The van der Waals surface area contributed by atoms with Crippen LogP contribution in [0.1, 0.15) is 57.6 Å². The lowest BCUT2D eigenvalue weighted by molar-refractivity contribution is 0.00510. The summed E-state index contributed by atoms with van der Waals surface area (Å²) in [5, 5.41) is 3.55. The van der Waals surface area contributed by atoms with E-state index in [1.54, 1.807) is 6.20 Å². The Morgan fingerprint density at radius 1 is 1.38 bits per heavy atom. The quantitative estimate of drug-likeness (QED) is 0.796. The molecule has 0 aromatic carbocycles. The van der Waals surface area contributed by atoms with Crippen molar-refractivity contribution in [3.63, 3.8) is 0 Å². The Balaban J connectivity index is 2.01. The molecule has 0 bridgehead atoms. The molecule has 118 valence electrons. The molecule has 1 saturated heterocycles. The van der Waals surface area contributed by atoms with E-state index >= 15 is 0 Å². The minimum absolute atomic E-state index is 0.288. The average Bonchev–Trinajstić information content (AvgIpc) is 2.54. The molecule has 0 aliphatic carbocycles. The van der Waals surface area contributed by atoms with Gasteiger partial charge in [0, 0.05) is 18.8 Å². The van der Waals surface area contributed by atoms with E-state index in [-0.39, 0.29) is 6.04 Å². The van der Waals surface area contributed by atoms with Gasteiger partial charge in [-0.3, -0.25) is 4.98 Å². The second-order valence-corrected chi connectivity index (χ2v) is 5.64. The Labute approximate surface area is 128 Å². The predicted octanol–water partition coefficient (Wildman–Crippen LogP) is 3.48. The standard InChI is InChI=1S/C17H28N2O2/c1-3-8-20-16-10-14(12-18-13-16)17(19-4-2)11-15-7-5-6-9-21-15/h10,12-13,15,17,19H,3-9,11H2,1-2H3. The summed E-state index contributed by atoms with van der Waals surface area (Å²) < 4.78 is 11.6. The van der Waals surface area contributed by atoms with Crippen molar-refractivity contribution in [2.45, 2.75) is 58.1 Å². The molecule has 4 heteroatoms. The van der Waals surface area contributed by atoms with Crippen molar-refractivity contribution < 1.29 is 9.47 Å². The van der Waals surface area contributed by atoms with E-state index in [4.69, 9.17) is 9.47 Å². The van der Waals surface area contributed by atoms with Crippen LogP contribution in [0.3, 0.4) is 0 Å². The van der Waals surface area contributed by atoms with Gasteiger partial charge < -0.3 is 14.8 Å². The summed E-state index contributed by atoms with van der Waals surface area (Å²) in [7, 11) is 0. The molecular formula is C17H28N2O2. The van der Waals surface area contributed by atoms with Crippen LogP contribution in [0, 0.1) is 0 Å². The molecule has 2 heterocycles. The zero-order valence-electron chi connectivity index (χ0n) is 13.3. The van der Waals surface area contributed by atoms with Gasteiger partial charge in [-0.05, 0) is 50.3 Å². The topological polar surface area (TPSA) is 43.4 Å². The Morgan fingerprint density at radius 2 is 2.29 bits per heavy atom. The molecule has 2 atom stereocenters. The van der Waals surface area contributed by atoms with Gasteiger partial charge in [-0.15, -0.1) is 0 Å². The molecule has 2 rings (SSSR count). The first-order valence-electron chi connectivity index (χ1n) is 8.26. The monoisotopic (exact) mass is 292 g/mol. The number of aromatic nitrogens is 1. The molecule has 0 saturated carbocycles. The lowest BCUT2D eigenvalue weighted by Gasteiger charge is -2.27. The maximum Gasteiger partial charge on any atom is 0.137 e. The van der Waals surface area contributed by atoms with Crippen LogP contribution >= 0.6 is 0 Å². The zero-order valence-corrected chi connectivity index (χ0v) is 13.3. The molecule has 0 radical (unpaired) electrons. The van der Waals surface area contributed by atoms with Gasteiger partial charge in [0.25, 0.3) is 0 Å². The summed E-state index contributed by atoms with van der Waals surface area (Å²) in [6, 6.07) is 2.40. The molecule has 0 amide bonds. The normalized spacial score (nSPS) is 20.2. The Morgan fingerprint density at radius 3 is 3.00 bits per heavy atom. The summed E-state index contributed by atoms with van der Waals surface area (Å²) >= 11 is 0. The van der Waals surface area contributed by atoms with Crippen molar-refractivity contribution in [2.24, 2.45) is 0 Å². The van der Waals surface area contributed by atoms with Crippen molar-refractivity contribution in [3.8, 4) is 5.75 Å². The number of nitrogens with one attached hydrogen (secondary N) is 1. The van der Waals surface area contributed by atoms with Crippen LogP contribution in [-0.2, 0) is 4.74 Å². The first-order valence-corrected chi connectivity index (χ1v) is 8.26. The van der Waals surface area contributed by atoms with E-state index in [9.17, 15) is 0 Å². The molecule has 1 aliphatic heterocycles. The van der Waals surface area contributed by atoms with Gasteiger partial charge in [0.2, 0.25) is 0 Å². The van der Waals surface area contributed by atoms with Gasteiger partial charge in [0.1, 0.15) is 5.75 Å². The second kappa shape index (κ2) is 9.00. The van der Waals surface area contributed by atoms with Crippen LogP contribution in [0.25, 0.3) is 0 Å². The molecule has 1 aliphatic rings. The Kier molecular flexibility index (Phi) is 6.96. The maximum atomic E-state index is 5.88. The van der Waals surface area contributed by atoms with Gasteiger partial charge in [0.15, 0.2) is 0 Å². The summed E-state index contributed by atoms with van der Waals surface area (Å²) in [5.41, 5.74) is 1.19. The largest absolute Gasteiger partial charge is 0.492 e. The number of ether oxygens (including phenoxy) is 2. The lowest BCUT2D eigenvalue weighted by atomic mass is 9.97. The van der Waals surface area contributed by atoms with E-state index in [1.807, 2.05) is 6.20 Å². The minimum Gasteiger partial charge on any atom is -0.492 e. The van der Waals surface area contributed by atoms with Crippen molar-refractivity contribution in [1.82, 2.24) is 10.3 Å². The van der Waals surface area contributed by atoms with Crippen molar-refractivity contribution in [3.05, 3.63) is 24.0 Å². The van der Waals surface area contributed by atoms with E-state index in [2.05, 4.69) is 30.2 Å². The summed E-state index contributed by atoms with van der Waals surface area (Å²) in [6.45, 7) is 6.83. The van der Waals surface area contributed by atoms with E-state index in [0.29, 0.717) is 6.10 Å². The number of pyridine rings is 1. The van der Waals surface area contributed by atoms with Crippen LogP contribution in [-0.4, -0.2) is 30.8 Å². The second-order valence-electron chi connectivity index (χ2n) is 5.64. The fourth-order valence-electron chi connectivity index (χ4n) is 2.76.